The van der Waals surface area contributed by atoms with Crippen molar-refractivity contribution < 1.29 is 14.3 Å². The SMILES string of the molecule is Cc1nn([C@H](C)c2ccc(Cl)cc2Cl)c2nc(C3=CCC(=O)C(C)C3)cnc12.Cc1nn([C@H](C)c2ccc(Cl)cc2Cl)c2nc(C3=CCC4(OCCO4)C(C)C3)cnc12. The molecule has 0 N–H and O–H groups in total. The van der Waals surface area contributed by atoms with E-state index < -0.39 is 5.79 Å². The Morgan fingerprint density at radius 1 is 0.729 bits per heavy atom. The first-order valence-electron chi connectivity index (χ1n) is 19.8. The maximum atomic E-state index is 11.8. The van der Waals surface area contributed by atoms with Crippen molar-refractivity contribution in [1.29, 1.82) is 0 Å². The molecule has 0 bridgehead atoms. The fourth-order valence-electron chi connectivity index (χ4n) is 8.17. The van der Waals surface area contributed by atoms with Gasteiger partial charge in [-0.05, 0) is 87.1 Å². The highest BCUT2D eigenvalue weighted by atomic mass is 35.5. The first kappa shape index (κ1) is 41.5. The molecule has 15 heteroatoms. The van der Waals surface area contributed by atoms with Gasteiger partial charge in [-0.3, -0.25) is 4.79 Å². The Labute approximate surface area is 362 Å². The second kappa shape index (κ2) is 16.7. The third kappa shape index (κ3) is 8.05. The summed E-state index contributed by atoms with van der Waals surface area (Å²) in [5.74, 6) is 0.0331. The van der Waals surface area contributed by atoms with Crippen LogP contribution in [0.5, 0.6) is 0 Å². The van der Waals surface area contributed by atoms with Gasteiger partial charge in [0.2, 0.25) is 0 Å². The fourth-order valence-corrected chi connectivity index (χ4v) is 9.31. The van der Waals surface area contributed by atoms with Crippen LogP contribution in [0.1, 0.15) is 99.4 Å². The van der Waals surface area contributed by atoms with Crippen molar-refractivity contribution in [3.05, 3.63) is 115 Å². The lowest BCUT2D eigenvalue weighted by molar-refractivity contribution is -0.190. The van der Waals surface area contributed by atoms with Gasteiger partial charge in [0.25, 0.3) is 0 Å². The van der Waals surface area contributed by atoms with Crippen molar-refractivity contribution in [2.45, 2.75) is 85.1 Å². The van der Waals surface area contributed by atoms with Crippen molar-refractivity contribution in [3.8, 4) is 0 Å². The van der Waals surface area contributed by atoms with Crippen LogP contribution < -0.4 is 0 Å². The van der Waals surface area contributed by atoms with Crippen molar-refractivity contribution in [2.75, 3.05) is 13.2 Å². The molecule has 0 radical (unpaired) electrons. The molecule has 3 aliphatic rings. The molecule has 0 amide bonds. The Bertz CT molecular complexity index is 2670. The average molecular weight is 875 g/mol. The molecule has 5 heterocycles. The monoisotopic (exact) mass is 872 g/mol. The van der Waals surface area contributed by atoms with Gasteiger partial charge < -0.3 is 9.47 Å². The van der Waals surface area contributed by atoms with Crippen molar-refractivity contribution >= 4 is 85.7 Å². The first-order chi connectivity index (χ1) is 28.2. The number of halogens is 4. The number of benzene rings is 2. The van der Waals surface area contributed by atoms with Crippen LogP contribution in [-0.2, 0) is 14.3 Å². The summed E-state index contributed by atoms with van der Waals surface area (Å²) in [5.41, 5.74) is 10.4. The number of aromatic nitrogens is 8. The number of ether oxygens (including phenoxy) is 2. The molecule has 1 saturated heterocycles. The lowest BCUT2D eigenvalue weighted by Crippen LogP contribution is -2.39. The lowest BCUT2D eigenvalue weighted by Gasteiger charge is -2.36. The maximum absolute atomic E-state index is 11.8. The zero-order valence-corrected chi connectivity index (χ0v) is 36.7. The van der Waals surface area contributed by atoms with Gasteiger partial charge in [-0.15, -0.1) is 0 Å². The van der Waals surface area contributed by atoms with Crippen LogP contribution in [0, 0.1) is 25.7 Å². The Kier molecular flexibility index (Phi) is 11.7. The topological polar surface area (TPSA) is 123 Å². The van der Waals surface area contributed by atoms with Crippen LogP contribution in [-0.4, -0.2) is 64.3 Å². The Morgan fingerprint density at radius 2 is 1.22 bits per heavy atom. The molecular formula is C44H44Cl4N8O3. The third-order valence-electron chi connectivity index (χ3n) is 11.7. The molecule has 306 valence electrons. The molecule has 4 aromatic heterocycles. The summed E-state index contributed by atoms with van der Waals surface area (Å²) in [6, 6.07) is 10.7. The highest BCUT2D eigenvalue weighted by molar-refractivity contribution is 6.35. The van der Waals surface area contributed by atoms with Crippen LogP contribution in [0.15, 0.2) is 60.9 Å². The molecule has 2 unspecified atom stereocenters. The van der Waals surface area contributed by atoms with Gasteiger partial charge in [-0.25, -0.2) is 29.3 Å². The number of hydrogen-bond donors (Lipinski definition) is 0. The highest BCUT2D eigenvalue weighted by Gasteiger charge is 2.44. The fraction of sp³-hybridized carbons (Fsp3) is 0.386. The van der Waals surface area contributed by atoms with E-state index in [1.165, 1.54) is 0 Å². The summed E-state index contributed by atoms with van der Waals surface area (Å²) in [5, 5.41) is 11.8. The standard InChI is InChI=1S/C23H24Cl2N4O2.C21H20Cl2N4O/c1-13-10-16(6-7-23(13)30-8-9-31-23)20-12-26-21-14(2)28-29(22(21)27-20)15(3)18-5-4-17(24)11-19(18)25;1-11-8-14(4-7-19(11)28)18-10-24-20-12(2)26-27(21(20)25-18)13(3)16-6-5-15(22)9-17(16)23/h4-6,11-13,15H,7-10H2,1-3H3;4-6,9-11,13H,7-8H2,1-3H3/t13?,15-;11?,13-/m11/s1. The molecule has 2 aromatic carbocycles. The van der Waals surface area contributed by atoms with Crippen molar-refractivity contribution in [2.24, 2.45) is 11.8 Å². The summed E-state index contributed by atoms with van der Waals surface area (Å²) >= 11 is 25.0. The summed E-state index contributed by atoms with van der Waals surface area (Å²) < 4.78 is 15.6. The predicted octanol–water partition coefficient (Wildman–Crippen LogP) is 11.0. The van der Waals surface area contributed by atoms with Gasteiger partial charge in [0.1, 0.15) is 16.8 Å². The van der Waals surface area contributed by atoms with E-state index in [4.69, 9.17) is 75.9 Å². The first-order valence-corrected chi connectivity index (χ1v) is 21.3. The molecule has 6 aromatic rings. The van der Waals surface area contributed by atoms with E-state index in [2.05, 4.69) is 30.0 Å². The third-order valence-corrected chi connectivity index (χ3v) is 12.8. The van der Waals surface area contributed by atoms with E-state index >= 15 is 0 Å². The van der Waals surface area contributed by atoms with Gasteiger partial charge >= 0.3 is 0 Å². The van der Waals surface area contributed by atoms with Gasteiger partial charge in [0, 0.05) is 44.8 Å². The van der Waals surface area contributed by atoms with Crippen molar-refractivity contribution in [3.63, 3.8) is 0 Å². The van der Waals surface area contributed by atoms with Crippen LogP contribution in [0.4, 0.5) is 0 Å². The maximum Gasteiger partial charge on any atom is 0.178 e. The smallest absolute Gasteiger partial charge is 0.178 e. The largest absolute Gasteiger partial charge is 0.347 e. The number of hydrogen-bond acceptors (Lipinski definition) is 9. The quantitative estimate of drug-likeness (QED) is 0.161. The van der Waals surface area contributed by atoms with Gasteiger partial charge in [0.05, 0.1) is 60.5 Å². The second-order valence-corrected chi connectivity index (χ2v) is 17.3. The lowest BCUT2D eigenvalue weighted by atomic mass is 9.83. The number of allylic oxidation sites excluding steroid dienone is 3. The summed E-state index contributed by atoms with van der Waals surface area (Å²) in [6.45, 7) is 13.4. The molecule has 11 nitrogen and oxygen atoms in total. The van der Waals surface area contributed by atoms with E-state index in [1.54, 1.807) is 18.3 Å². The number of carbonyl (C=O) groups is 1. The van der Waals surface area contributed by atoms with Crippen LogP contribution in [0.2, 0.25) is 20.1 Å². The van der Waals surface area contributed by atoms with Crippen molar-refractivity contribution in [1.82, 2.24) is 39.5 Å². The normalized spacial score (nSPS) is 20.1. The number of carbonyl (C=O) groups excluding carboxylic acids is 1. The van der Waals surface area contributed by atoms with E-state index in [0.717, 1.165) is 74.6 Å². The number of ketones is 1. The van der Waals surface area contributed by atoms with E-state index in [-0.39, 0.29) is 29.7 Å². The zero-order valence-electron chi connectivity index (χ0n) is 33.6. The molecule has 1 spiro atoms. The molecule has 2 aliphatic carbocycles. The Hall–Kier alpha value is -4.23. The molecule has 1 aliphatic heterocycles. The van der Waals surface area contributed by atoms with Gasteiger partial charge in [-0.1, -0.05) is 84.5 Å². The summed E-state index contributed by atoms with van der Waals surface area (Å²) in [7, 11) is 0. The zero-order chi connectivity index (χ0) is 41.7. The molecule has 1 fully saturated rings. The summed E-state index contributed by atoms with van der Waals surface area (Å²) in [6.07, 6.45) is 10.4. The van der Waals surface area contributed by atoms with E-state index in [0.29, 0.717) is 51.8 Å². The summed E-state index contributed by atoms with van der Waals surface area (Å²) in [4.78, 5) is 31.0. The molecule has 0 saturated carbocycles. The Morgan fingerprint density at radius 3 is 1.68 bits per heavy atom. The number of Topliss-reactive ketones (excluding diaryl/α,β-unsaturated/α-hetero) is 1. The predicted molar refractivity (Wildman–Crippen MR) is 233 cm³/mol. The van der Waals surface area contributed by atoms with E-state index in [9.17, 15) is 4.79 Å². The van der Waals surface area contributed by atoms with Crippen LogP contribution in [0.25, 0.3) is 33.5 Å². The number of rotatable bonds is 6. The van der Waals surface area contributed by atoms with Gasteiger partial charge in [-0.2, -0.15) is 10.2 Å². The number of nitrogens with zero attached hydrogens (tertiary/aromatic N) is 8. The number of fused-ring (bicyclic) bond motifs is 2. The molecular weight excluding hydrogens is 830 g/mol. The molecule has 9 rings (SSSR count). The van der Waals surface area contributed by atoms with Gasteiger partial charge in [0.15, 0.2) is 17.1 Å². The average Bonchev–Trinajstić information content (AvgIpc) is 3.92. The minimum Gasteiger partial charge on any atom is -0.347 e. The van der Waals surface area contributed by atoms with Crippen LogP contribution in [0.3, 0.4) is 0 Å². The Balaban J connectivity index is 0.000000165. The molecule has 59 heavy (non-hydrogen) atoms. The second-order valence-electron chi connectivity index (χ2n) is 15.7. The molecule has 4 atom stereocenters. The minimum atomic E-state index is -0.487. The highest BCUT2D eigenvalue weighted by Crippen LogP contribution is 2.42. The van der Waals surface area contributed by atoms with Crippen LogP contribution >= 0.6 is 46.4 Å². The number of aryl methyl sites for hydroxylation is 2. The minimum absolute atomic E-state index is 0.0101. The van der Waals surface area contributed by atoms with E-state index in [1.807, 2.05) is 73.6 Å².